The number of anilines is 1. The smallest absolute Gasteiger partial charge is 0.230 e. The minimum Gasteiger partial charge on any atom is -0.348 e. The van der Waals surface area contributed by atoms with Gasteiger partial charge in [0.1, 0.15) is 5.82 Å². The molecular formula is C22H30FN5OS. The molecule has 1 aliphatic heterocycles. The Labute approximate surface area is 181 Å². The van der Waals surface area contributed by atoms with E-state index in [1.54, 1.807) is 12.1 Å². The minimum absolute atomic E-state index is 0.0482. The molecule has 1 saturated heterocycles. The second-order valence-corrected chi connectivity index (χ2v) is 9.50. The Balaban J connectivity index is 1.41. The third kappa shape index (κ3) is 4.96. The van der Waals surface area contributed by atoms with Crippen LogP contribution in [0, 0.1) is 11.7 Å². The zero-order valence-electron chi connectivity index (χ0n) is 17.7. The third-order valence-electron chi connectivity index (χ3n) is 5.74. The monoisotopic (exact) mass is 431 g/mol. The molecule has 4 rings (SSSR count). The fourth-order valence-corrected chi connectivity index (χ4v) is 4.79. The summed E-state index contributed by atoms with van der Waals surface area (Å²) in [5.74, 6) is 1.13. The van der Waals surface area contributed by atoms with Gasteiger partial charge in [-0.1, -0.05) is 37.7 Å². The summed E-state index contributed by atoms with van der Waals surface area (Å²) in [5.41, 5.74) is 0.915. The maximum absolute atomic E-state index is 13.3. The van der Waals surface area contributed by atoms with Crippen molar-refractivity contribution >= 4 is 23.6 Å². The van der Waals surface area contributed by atoms with Crippen molar-refractivity contribution < 1.29 is 9.18 Å². The molecule has 1 aromatic heterocycles. The van der Waals surface area contributed by atoms with Gasteiger partial charge in [0.25, 0.3) is 0 Å². The number of rotatable bonds is 8. The van der Waals surface area contributed by atoms with Crippen LogP contribution in [0.5, 0.6) is 0 Å². The molecule has 6 nitrogen and oxygen atoms in total. The number of benzene rings is 1. The number of thioether (sulfide) groups is 1. The molecule has 0 bridgehead atoms. The zero-order chi connectivity index (χ0) is 21.1. The van der Waals surface area contributed by atoms with Crippen molar-refractivity contribution in [2.45, 2.75) is 63.2 Å². The lowest BCUT2D eigenvalue weighted by Gasteiger charge is -2.27. The van der Waals surface area contributed by atoms with Gasteiger partial charge in [-0.15, -0.1) is 10.2 Å². The maximum Gasteiger partial charge on any atom is 0.230 e. The number of carbonyl (C=O) groups excluding carboxylic acids is 1. The number of hydrogen-bond donors (Lipinski definition) is 1. The summed E-state index contributed by atoms with van der Waals surface area (Å²) in [4.78, 5) is 15.0. The molecule has 0 spiro atoms. The normalized spacial score (nSPS) is 17.9. The third-order valence-corrected chi connectivity index (χ3v) is 6.69. The number of amides is 1. The first-order valence-electron chi connectivity index (χ1n) is 10.9. The number of halogens is 1. The number of carbonyl (C=O) groups is 1. The van der Waals surface area contributed by atoms with Gasteiger partial charge < -0.3 is 10.2 Å². The Morgan fingerprint density at radius 2 is 1.87 bits per heavy atom. The molecule has 162 valence electrons. The zero-order valence-corrected chi connectivity index (χ0v) is 18.5. The van der Waals surface area contributed by atoms with Crippen molar-refractivity contribution in [1.82, 2.24) is 20.1 Å². The fraction of sp³-hybridized carbons (Fsp3) is 0.591. The van der Waals surface area contributed by atoms with Crippen molar-refractivity contribution in [3.05, 3.63) is 35.6 Å². The SMILES string of the molecule is CC(C)C(NC(=O)CSc1nnc(N2CCCCC2)n1C1CC1)c1ccc(F)cc1. The van der Waals surface area contributed by atoms with E-state index in [1.165, 1.54) is 43.2 Å². The number of hydrogen-bond acceptors (Lipinski definition) is 5. The maximum atomic E-state index is 13.3. The number of piperidine rings is 1. The predicted octanol–water partition coefficient (Wildman–Crippen LogP) is 4.35. The quantitative estimate of drug-likeness (QED) is 0.630. The summed E-state index contributed by atoms with van der Waals surface area (Å²) in [5, 5.41) is 12.8. The molecule has 1 aromatic carbocycles. The Bertz CT molecular complexity index is 859. The van der Waals surface area contributed by atoms with Crippen LogP contribution in [0.3, 0.4) is 0 Å². The molecular weight excluding hydrogens is 401 g/mol. The lowest BCUT2D eigenvalue weighted by molar-refractivity contribution is -0.119. The molecule has 2 fully saturated rings. The highest BCUT2D eigenvalue weighted by Gasteiger charge is 2.32. The Kier molecular flexibility index (Phi) is 6.61. The van der Waals surface area contributed by atoms with Crippen LogP contribution in [-0.2, 0) is 4.79 Å². The van der Waals surface area contributed by atoms with Crippen molar-refractivity contribution in [2.75, 3.05) is 23.7 Å². The fourth-order valence-electron chi connectivity index (χ4n) is 3.98. The van der Waals surface area contributed by atoms with E-state index in [-0.39, 0.29) is 29.4 Å². The van der Waals surface area contributed by atoms with E-state index in [9.17, 15) is 9.18 Å². The lowest BCUT2D eigenvalue weighted by atomic mass is 9.96. The van der Waals surface area contributed by atoms with E-state index in [0.29, 0.717) is 6.04 Å². The molecule has 1 atom stereocenters. The van der Waals surface area contributed by atoms with Crippen LogP contribution in [0.15, 0.2) is 29.4 Å². The van der Waals surface area contributed by atoms with E-state index in [0.717, 1.165) is 42.6 Å². The lowest BCUT2D eigenvalue weighted by Crippen LogP contribution is -2.33. The number of nitrogens with zero attached hydrogens (tertiary/aromatic N) is 4. The topological polar surface area (TPSA) is 63.1 Å². The van der Waals surface area contributed by atoms with Crippen molar-refractivity contribution in [3.8, 4) is 0 Å². The first kappa shape index (κ1) is 21.2. The molecule has 30 heavy (non-hydrogen) atoms. The first-order chi connectivity index (χ1) is 14.5. The van der Waals surface area contributed by atoms with Crippen LogP contribution in [0.25, 0.3) is 0 Å². The van der Waals surface area contributed by atoms with Gasteiger partial charge in [0.2, 0.25) is 11.9 Å². The summed E-state index contributed by atoms with van der Waals surface area (Å²) >= 11 is 1.45. The molecule has 1 amide bonds. The van der Waals surface area contributed by atoms with Gasteiger partial charge in [-0.25, -0.2) is 4.39 Å². The average molecular weight is 432 g/mol. The Morgan fingerprint density at radius 1 is 1.17 bits per heavy atom. The predicted molar refractivity (Wildman–Crippen MR) is 117 cm³/mol. The molecule has 0 radical (unpaired) electrons. The highest BCUT2D eigenvalue weighted by Crippen LogP contribution is 2.41. The summed E-state index contributed by atoms with van der Waals surface area (Å²) in [7, 11) is 0. The van der Waals surface area contributed by atoms with Gasteiger partial charge in [0.15, 0.2) is 5.16 Å². The van der Waals surface area contributed by atoms with E-state index in [4.69, 9.17) is 0 Å². The van der Waals surface area contributed by atoms with Crippen molar-refractivity contribution in [1.29, 1.82) is 0 Å². The second-order valence-electron chi connectivity index (χ2n) is 8.56. The standard InChI is InChI=1S/C22H30FN5OS/c1-15(2)20(16-6-8-17(23)9-7-16)24-19(29)14-30-22-26-25-21(28(22)18-10-11-18)27-12-4-3-5-13-27/h6-9,15,18,20H,3-5,10-14H2,1-2H3,(H,24,29). The highest BCUT2D eigenvalue weighted by molar-refractivity contribution is 7.99. The van der Waals surface area contributed by atoms with Crippen LogP contribution in [-0.4, -0.2) is 39.5 Å². The summed E-state index contributed by atoms with van der Waals surface area (Å²) in [6.45, 7) is 6.17. The number of aromatic nitrogens is 3. The van der Waals surface area contributed by atoms with Gasteiger partial charge in [-0.3, -0.25) is 9.36 Å². The first-order valence-corrected chi connectivity index (χ1v) is 11.9. The molecule has 1 saturated carbocycles. The molecule has 1 N–H and O–H groups in total. The van der Waals surface area contributed by atoms with Crippen molar-refractivity contribution in [2.24, 2.45) is 5.92 Å². The highest BCUT2D eigenvalue weighted by atomic mass is 32.2. The molecule has 1 unspecified atom stereocenters. The summed E-state index contributed by atoms with van der Waals surface area (Å²) in [6.07, 6.45) is 5.98. The average Bonchev–Trinajstić information content (AvgIpc) is 3.50. The largest absolute Gasteiger partial charge is 0.348 e. The van der Waals surface area contributed by atoms with Crippen LogP contribution in [0.4, 0.5) is 10.3 Å². The summed E-state index contributed by atoms with van der Waals surface area (Å²) < 4.78 is 15.5. The minimum atomic E-state index is -0.271. The Hall–Kier alpha value is -2.09. The molecule has 2 aromatic rings. The molecule has 1 aliphatic carbocycles. The van der Waals surface area contributed by atoms with E-state index >= 15 is 0 Å². The van der Waals surface area contributed by atoms with Gasteiger partial charge in [-0.2, -0.15) is 0 Å². The number of nitrogens with one attached hydrogen (secondary N) is 1. The van der Waals surface area contributed by atoms with Crippen LogP contribution in [0.1, 0.15) is 63.6 Å². The molecule has 8 heteroatoms. The van der Waals surface area contributed by atoms with Gasteiger partial charge in [0.05, 0.1) is 11.8 Å². The van der Waals surface area contributed by atoms with Crippen LogP contribution < -0.4 is 10.2 Å². The molecule has 2 aliphatic rings. The summed E-state index contributed by atoms with van der Waals surface area (Å²) in [6, 6.07) is 6.66. The van der Waals surface area contributed by atoms with Crippen molar-refractivity contribution in [3.63, 3.8) is 0 Å². The van der Waals surface area contributed by atoms with Crippen LogP contribution in [0.2, 0.25) is 0 Å². The van der Waals surface area contributed by atoms with E-state index in [1.807, 2.05) is 0 Å². The van der Waals surface area contributed by atoms with Gasteiger partial charge in [0, 0.05) is 19.1 Å². The van der Waals surface area contributed by atoms with Gasteiger partial charge >= 0.3 is 0 Å². The Morgan fingerprint density at radius 3 is 2.50 bits per heavy atom. The second kappa shape index (κ2) is 9.37. The van der Waals surface area contributed by atoms with Crippen LogP contribution >= 0.6 is 11.8 Å². The molecule has 2 heterocycles. The van der Waals surface area contributed by atoms with E-state index in [2.05, 4.69) is 38.8 Å². The van der Waals surface area contributed by atoms with Gasteiger partial charge in [-0.05, 0) is 55.7 Å². The van der Waals surface area contributed by atoms with E-state index < -0.39 is 0 Å².